The number of nitrogens with one attached hydrogen (secondary N) is 1. The van der Waals surface area contributed by atoms with E-state index in [0.29, 0.717) is 24.7 Å². The Labute approximate surface area is 169 Å². The van der Waals surface area contributed by atoms with E-state index in [0.717, 1.165) is 30.5 Å². The zero-order valence-electron chi connectivity index (χ0n) is 16.3. The van der Waals surface area contributed by atoms with Crippen molar-refractivity contribution in [3.8, 4) is 11.5 Å². The van der Waals surface area contributed by atoms with Gasteiger partial charge in [0.05, 0.1) is 0 Å². The molecule has 2 aromatic carbocycles. The van der Waals surface area contributed by atoms with Crippen LogP contribution in [0.4, 0.5) is 5.69 Å². The third kappa shape index (κ3) is 4.59. The molecule has 1 amide bonds. The van der Waals surface area contributed by atoms with Gasteiger partial charge in [-0.25, -0.2) is 4.79 Å². The van der Waals surface area contributed by atoms with Crippen molar-refractivity contribution in [2.75, 3.05) is 18.5 Å². The van der Waals surface area contributed by atoms with Gasteiger partial charge in [-0.3, -0.25) is 4.79 Å². The van der Waals surface area contributed by atoms with Crippen LogP contribution in [-0.4, -0.2) is 31.2 Å². The molecule has 0 saturated heterocycles. The molecular weight excluding hydrogens is 370 g/mol. The van der Waals surface area contributed by atoms with Gasteiger partial charge in [0.2, 0.25) is 0 Å². The lowest BCUT2D eigenvalue weighted by Gasteiger charge is -2.18. The fraction of sp³-hybridized carbons (Fsp3) is 0.304. The molecule has 1 atom stereocenters. The van der Waals surface area contributed by atoms with Gasteiger partial charge in [-0.1, -0.05) is 12.1 Å². The molecule has 0 bridgehead atoms. The zero-order valence-corrected chi connectivity index (χ0v) is 16.3. The van der Waals surface area contributed by atoms with E-state index >= 15 is 0 Å². The van der Waals surface area contributed by atoms with E-state index in [4.69, 9.17) is 14.2 Å². The van der Waals surface area contributed by atoms with Gasteiger partial charge in [0.25, 0.3) is 5.91 Å². The van der Waals surface area contributed by atoms with Gasteiger partial charge < -0.3 is 19.5 Å². The van der Waals surface area contributed by atoms with Crippen molar-refractivity contribution in [2.24, 2.45) is 0 Å². The molecule has 4 rings (SSSR count). The first-order chi connectivity index (χ1) is 14.1. The van der Waals surface area contributed by atoms with E-state index in [9.17, 15) is 9.59 Å². The molecule has 1 heterocycles. The van der Waals surface area contributed by atoms with Crippen LogP contribution in [0.5, 0.6) is 11.5 Å². The highest BCUT2D eigenvalue weighted by Gasteiger charge is 2.18. The highest BCUT2D eigenvalue weighted by Crippen LogP contribution is 2.31. The number of rotatable bonds is 5. The fourth-order valence-corrected chi connectivity index (χ4v) is 3.49. The fourth-order valence-electron chi connectivity index (χ4n) is 3.49. The van der Waals surface area contributed by atoms with Gasteiger partial charge in [0.1, 0.15) is 13.2 Å². The van der Waals surface area contributed by atoms with Crippen LogP contribution < -0.4 is 14.8 Å². The molecule has 29 heavy (non-hydrogen) atoms. The monoisotopic (exact) mass is 393 g/mol. The van der Waals surface area contributed by atoms with E-state index in [-0.39, 0.29) is 5.91 Å². The Morgan fingerprint density at radius 3 is 2.69 bits per heavy atom. The number of amides is 1. The molecule has 6 nitrogen and oxygen atoms in total. The normalized spacial score (nSPS) is 15.6. The molecule has 0 spiro atoms. The van der Waals surface area contributed by atoms with E-state index in [1.807, 2.05) is 24.3 Å². The summed E-state index contributed by atoms with van der Waals surface area (Å²) in [6, 6.07) is 11.3. The summed E-state index contributed by atoms with van der Waals surface area (Å²) >= 11 is 0. The van der Waals surface area contributed by atoms with Crippen LogP contribution in [0, 0.1) is 0 Å². The lowest BCUT2D eigenvalue weighted by Crippen LogP contribution is -2.29. The molecule has 1 aliphatic carbocycles. The molecule has 0 radical (unpaired) electrons. The number of anilines is 1. The predicted octanol–water partition coefficient (Wildman–Crippen LogP) is 3.53. The van der Waals surface area contributed by atoms with Crippen LogP contribution in [0.3, 0.4) is 0 Å². The zero-order chi connectivity index (χ0) is 20.2. The third-order valence-electron chi connectivity index (χ3n) is 5.01. The van der Waals surface area contributed by atoms with Gasteiger partial charge in [-0.2, -0.15) is 0 Å². The van der Waals surface area contributed by atoms with E-state index in [1.165, 1.54) is 17.2 Å². The second-order valence-corrected chi connectivity index (χ2v) is 7.14. The Kier molecular flexibility index (Phi) is 5.51. The molecule has 0 fully saturated rings. The number of carbonyl (C=O) groups excluding carboxylic acids is 2. The van der Waals surface area contributed by atoms with Gasteiger partial charge in [-0.05, 0) is 73.2 Å². The lowest BCUT2D eigenvalue weighted by atomic mass is 10.1. The topological polar surface area (TPSA) is 73.9 Å². The summed E-state index contributed by atoms with van der Waals surface area (Å²) in [5, 5.41) is 2.81. The number of hydrogen-bond acceptors (Lipinski definition) is 5. The summed E-state index contributed by atoms with van der Waals surface area (Å²) in [7, 11) is 0. The van der Waals surface area contributed by atoms with Gasteiger partial charge >= 0.3 is 5.97 Å². The number of ether oxygens (including phenoxy) is 3. The summed E-state index contributed by atoms with van der Waals surface area (Å²) in [5.74, 6) is 0.391. The summed E-state index contributed by atoms with van der Waals surface area (Å²) in [5.41, 5.74) is 4.12. The molecule has 2 aromatic rings. The maximum absolute atomic E-state index is 12.3. The smallest absolute Gasteiger partial charge is 0.331 e. The van der Waals surface area contributed by atoms with Crippen LogP contribution >= 0.6 is 0 Å². The minimum atomic E-state index is -0.902. The number of hydrogen-bond donors (Lipinski definition) is 1. The van der Waals surface area contributed by atoms with Crippen LogP contribution in [0.25, 0.3) is 6.08 Å². The number of carbonyl (C=O) groups is 2. The Morgan fingerprint density at radius 1 is 1.03 bits per heavy atom. The van der Waals surface area contributed by atoms with E-state index in [1.54, 1.807) is 25.1 Å². The first kappa shape index (κ1) is 19.1. The molecule has 0 saturated carbocycles. The molecule has 6 heteroatoms. The lowest BCUT2D eigenvalue weighted by molar-refractivity contribution is -0.148. The SMILES string of the molecule is C[C@H](OC(=O)/C=C/c1ccc2c(c1)OCCO2)C(=O)Nc1ccc2c(c1)CCC2. The van der Waals surface area contributed by atoms with Crippen molar-refractivity contribution in [1.82, 2.24) is 0 Å². The Bertz CT molecular complexity index is 966. The quantitative estimate of drug-likeness (QED) is 0.621. The first-order valence-corrected chi connectivity index (χ1v) is 9.79. The van der Waals surface area contributed by atoms with Crippen LogP contribution in [0.1, 0.15) is 30.0 Å². The number of esters is 1. The van der Waals surface area contributed by atoms with Gasteiger partial charge in [0.15, 0.2) is 17.6 Å². The average molecular weight is 393 g/mol. The van der Waals surface area contributed by atoms with Crippen molar-refractivity contribution in [1.29, 1.82) is 0 Å². The minimum Gasteiger partial charge on any atom is -0.486 e. The van der Waals surface area contributed by atoms with Crippen LogP contribution in [0.15, 0.2) is 42.5 Å². The second-order valence-electron chi connectivity index (χ2n) is 7.14. The highest BCUT2D eigenvalue weighted by molar-refractivity contribution is 5.96. The minimum absolute atomic E-state index is 0.357. The van der Waals surface area contributed by atoms with Crippen molar-refractivity contribution < 1.29 is 23.8 Å². The summed E-state index contributed by atoms with van der Waals surface area (Å²) in [6.07, 6.45) is 5.29. The standard InChI is InChI=1S/C23H23NO5/c1-15(23(26)24-19-8-7-17-3-2-4-18(17)14-19)29-22(25)10-6-16-5-9-20-21(13-16)28-12-11-27-20/h5-10,13-15H,2-4,11-12H2,1H3,(H,24,26)/b10-6+/t15-/m0/s1. The van der Waals surface area contributed by atoms with E-state index in [2.05, 4.69) is 5.32 Å². The molecule has 0 aromatic heterocycles. The average Bonchev–Trinajstić information content (AvgIpc) is 3.20. The second kappa shape index (κ2) is 8.39. The Morgan fingerprint density at radius 2 is 1.83 bits per heavy atom. The summed E-state index contributed by atoms with van der Waals surface area (Å²) in [6.45, 7) is 2.58. The Balaban J connectivity index is 1.31. The van der Waals surface area contributed by atoms with Crippen molar-refractivity contribution in [2.45, 2.75) is 32.3 Å². The molecule has 0 unspecified atom stereocenters. The molecule has 2 aliphatic rings. The van der Waals surface area contributed by atoms with Gasteiger partial charge in [0, 0.05) is 11.8 Å². The van der Waals surface area contributed by atoms with E-state index < -0.39 is 12.1 Å². The molecular formula is C23H23NO5. The molecule has 1 aliphatic heterocycles. The summed E-state index contributed by atoms with van der Waals surface area (Å²) in [4.78, 5) is 24.4. The van der Waals surface area contributed by atoms with Crippen LogP contribution in [-0.2, 0) is 27.2 Å². The first-order valence-electron chi connectivity index (χ1n) is 9.79. The number of benzene rings is 2. The number of fused-ring (bicyclic) bond motifs is 2. The summed E-state index contributed by atoms with van der Waals surface area (Å²) < 4.78 is 16.2. The predicted molar refractivity (Wildman–Crippen MR) is 109 cm³/mol. The molecule has 150 valence electrons. The van der Waals surface area contributed by atoms with Gasteiger partial charge in [-0.15, -0.1) is 0 Å². The van der Waals surface area contributed by atoms with Crippen molar-refractivity contribution >= 4 is 23.6 Å². The molecule has 1 N–H and O–H groups in total. The Hall–Kier alpha value is -3.28. The largest absolute Gasteiger partial charge is 0.486 e. The number of aryl methyl sites for hydroxylation is 2. The highest BCUT2D eigenvalue weighted by atomic mass is 16.6. The van der Waals surface area contributed by atoms with Crippen molar-refractivity contribution in [3.63, 3.8) is 0 Å². The van der Waals surface area contributed by atoms with Crippen molar-refractivity contribution in [3.05, 3.63) is 59.2 Å². The maximum Gasteiger partial charge on any atom is 0.331 e. The van der Waals surface area contributed by atoms with Crippen LogP contribution in [0.2, 0.25) is 0 Å². The third-order valence-corrected chi connectivity index (χ3v) is 5.01. The maximum atomic E-state index is 12.3.